The van der Waals surface area contributed by atoms with E-state index in [0.29, 0.717) is 18.5 Å². The van der Waals surface area contributed by atoms with Crippen LogP contribution in [-0.2, 0) is 0 Å². The van der Waals surface area contributed by atoms with Gasteiger partial charge in [0, 0.05) is 24.5 Å². The van der Waals surface area contributed by atoms with Crippen molar-refractivity contribution in [1.29, 1.82) is 0 Å². The number of fused-ring (bicyclic) bond motifs is 1. The van der Waals surface area contributed by atoms with Crippen LogP contribution in [0.4, 0.5) is 0 Å². The van der Waals surface area contributed by atoms with Gasteiger partial charge >= 0.3 is 0 Å². The minimum Gasteiger partial charge on any atom is -0.393 e. The maximum absolute atomic E-state index is 12.1. The molecule has 0 fully saturated rings. The summed E-state index contributed by atoms with van der Waals surface area (Å²) in [4.78, 5) is 13.8. The number of nitrogens with one attached hydrogen (secondary N) is 1. The van der Waals surface area contributed by atoms with E-state index < -0.39 is 6.10 Å². The topological polar surface area (TPSA) is 69.2 Å². The number of aliphatic hydroxyl groups excluding tert-OH is 1. The lowest BCUT2D eigenvalue weighted by atomic mass is 10.1. The van der Waals surface area contributed by atoms with Gasteiger partial charge in [0.25, 0.3) is 5.91 Å². The summed E-state index contributed by atoms with van der Waals surface area (Å²) in [5.74, 6) is -0.0428. The van der Waals surface area contributed by atoms with Gasteiger partial charge < -0.3 is 10.0 Å². The number of amides is 1. The zero-order chi connectivity index (χ0) is 13.1. The Morgan fingerprint density at radius 1 is 1.56 bits per heavy atom. The summed E-state index contributed by atoms with van der Waals surface area (Å²) in [5, 5.41) is 16.9. The highest BCUT2D eigenvalue weighted by Gasteiger charge is 2.12. The van der Waals surface area contributed by atoms with E-state index in [2.05, 4.69) is 10.2 Å². The molecule has 18 heavy (non-hydrogen) atoms. The molecule has 1 aromatic carbocycles. The number of benzene rings is 1. The fourth-order valence-corrected chi connectivity index (χ4v) is 1.78. The summed E-state index contributed by atoms with van der Waals surface area (Å²) in [6.07, 6.45) is 1.88. The Kier molecular flexibility index (Phi) is 3.62. The van der Waals surface area contributed by atoms with Crippen LogP contribution >= 0.6 is 0 Å². The van der Waals surface area contributed by atoms with Crippen molar-refractivity contribution in [2.24, 2.45) is 0 Å². The molecule has 5 nitrogen and oxygen atoms in total. The summed E-state index contributed by atoms with van der Waals surface area (Å²) < 4.78 is 0. The van der Waals surface area contributed by atoms with Gasteiger partial charge in [-0.3, -0.25) is 9.89 Å². The minimum absolute atomic E-state index is 0.0428. The van der Waals surface area contributed by atoms with Gasteiger partial charge in [-0.2, -0.15) is 5.10 Å². The minimum atomic E-state index is -0.392. The van der Waals surface area contributed by atoms with Crippen molar-refractivity contribution in [3.8, 4) is 0 Å². The van der Waals surface area contributed by atoms with E-state index in [-0.39, 0.29) is 5.91 Å². The molecule has 0 saturated heterocycles. The summed E-state index contributed by atoms with van der Waals surface area (Å²) >= 11 is 0. The number of H-pyrrole nitrogens is 1. The molecule has 2 aromatic rings. The number of hydrogen-bond donors (Lipinski definition) is 2. The highest BCUT2D eigenvalue weighted by Crippen LogP contribution is 2.14. The summed E-state index contributed by atoms with van der Waals surface area (Å²) in [6.45, 7) is 2.26. The maximum Gasteiger partial charge on any atom is 0.253 e. The van der Waals surface area contributed by atoms with Crippen LogP contribution in [0.3, 0.4) is 0 Å². The number of aromatic nitrogens is 2. The Balaban J connectivity index is 2.12. The number of rotatable bonds is 4. The van der Waals surface area contributed by atoms with E-state index in [0.717, 1.165) is 10.9 Å². The number of carbonyl (C=O) groups excluding carboxylic acids is 1. The number of aromatic amines is 1. The SMILES string of the molecule is CC(O)CCN(C)C(=O)c1ccc2[nH]ncc2c1. The van der Waals surface area contributed by atoms with Gasteiger partial charge in [-0.1, -0.05) is 0 Å². The Labute approximate surface area is 105 Å². The van der Waals surface area contributed by atoms with Crippen molar-refractivity contribution in [3.05, 3.63) is 30.0 Å². The predicted molar refractivity (Wildman–Crippen MR) is 69.4 cm³/mol. The molecule has 1 amide bonds. The molecule has 0 aliphatic heterocycles. The van der Waals surface area contributed by atoms with Crippen molar-refractivity contribution in [2.45, 2.75) is 19.4 Å². The monoisotopic (exact) mass is 247 g/mol. The zero-order valence-electron chi connectivity index (χ0n) is 10.6. The van der Waals surface area contributed by atoms with E-state index in [1.54, 1.807) is 31.1 Å². The Hall–Kier alpha value is -1.88. The molecule has 1 aromatic heterocycles. The van der Waals surface area contributed by atoms with Crippen LogP contribution in [0.1, 0.15) is 23.7 Å². The van der Waals surface area contributed by atoms with Gasteiger partial charge in [0.1, 0.15) is 0 Å². The van der Waals surface area contributed by atoms with Gasteiger partial charge in [-0.15, -0.1) is 0 Å². The molecule has 1 heterocycles. The number of aliphatic hydroxyl groups is 1. The second kappa shape index (κ2) is 5.18. The van der Waals surface area contributed by atoms with Crippen molar-refractivity contribution < 1.29 is 9.90 Å². The van der Waals surface area contributed by atoms with Crippen molar-refractivity contribution in [3.63, 3.8) is 0 Å². The lowest BCUT2D eigenvalue weighted by molar-refractivity contribution is 0.0769. The van der Waals surface area contributed by atoms with Crippen molar-refractivity contribution in [1.82, 2.24) is 15.1 Å². The molecule has 0 aliphatic rings. The quantitative estimate of drug-likeness (QED) is 0.858. The van der Waals surface area contributed by atoms with E-state index >= 15 is 0 Å². The van der Waals surface area contributed by atoms with Crippen LogP contribution in [0.25, 0.3) is 10.9 Å². The molecule has 96 valence electrons. The lowest BCUT2D eigenvalue weighted by Crippen LogP contribution is -2.29. The first-order valence-electron chi connectivity index (χ1n) is 5.94. The third-order valence-corrected chi connectivity index (χ3v) is 2.92. The van der Waals surface area contributed by atoms with Crippen LogP contribution in [0.5, 0.6) is 0 Å². The predicted octanol–water partition coefficient (Wildman–Crippen LogP) is 1.41. The fourth-order valence-electron chi connectivity index (χ4n) is 1.78. The molecular weight excluding hydrogens is 230 g/mol. The normalized spacial score (nSPS) is 12.6. The van der Waals surface area contributed by atoms with Crippen LogP contribution in [-0.4, -0.2) is 45.8 Å². The summed E-state index contributed by atoms with van der Waals surface area (Å²) in [6, 6.07) is 5.44. The zero-order valence-corrected chi connectivity index (χ0v) is 10.6. The first kappa shape index (κ1) is 12.6. The largest absolute Gasteiger partial charge is 0.393 e. The molecule has 0 spiro atoms. The molecule has 1 atom stereocenters. The molecule has 5 heteroatoms. The van der Waals surface area contributed by atoms with E-state index in [1.165, 1.54) is 0 Å². The molecule has 0 bridgehead atoms. The third-order valence-electron chi connectivity index (χ3n) is 2.92. The molecule has 2 N–H and O–H groups in total. The third kappa shape index (κ3) is 2.68. The van der Waals surface area contributed by atoms with Crippen molar-refractivity contribution >= 4 is 16.8 Å². The van der Waals surface area contributed by atoms with Crippen LogP contribution in [0.2, 0.25) is 0 Å². The second-order valence-corrected chi connectivity index (χ2v) is 4.54. The summed E-state index contributed by atoms with van der Waals surface area (Å²) in [7, 11) is 1.74. The van der Waals surface area contributed by atoms with Crippen LogP contribution < -0.4 is 0 Å². The van der Waals surface area contributed by atoms with Gasteiger partial charge in [0.2, 0.25) is 0 Å². The average Bonchev–Trinajstić information content (AvgIpc) is 2.81. The Morgan fingerprint density at radius 2 is 2.33 bits per heavy atom. The highest BCUT2D eigenvalue weighted by molar-refractivity contribution is 5.97. The standard InChI is InChI=1S/C13H17N3O2/c1-9(17)5-6-16(2)13(18)10-3-4-12-11(7-10)8-14-15-12/h3-4,7-9,17H,5-6H2,1-2H3,(H,14,15). The van der Waals surface area contributed by atoms with E-state index in [1.807, 2.05) is 12.1 Å². The molecule has 2 rings (SSSR count). The number of nitrogens with zero attached hydrogens (tertiary/aromatic N) is 2. The number of carbonyl (C=O) groups is 1. The number of hydrogen-bond acceptors (Lipinski definition) is 3. The smallest absolute Gasteiger partial charge is 0.253 e. The van der Waals surface area contributed by atoms with Gasteiger partial charge in [0.15, 0.2) is 0 Å². The average molecular weight is 247 g/mol. The molecular formula is C13H17N3O2. The van der Waals surface area contributed by atoms with Crippen molar-refractivity contribution in [2.75, 3.05) is 13.6 Å². The molecule has 0 radical (unpaired) electrons. The van der Waals surface area contributed by atoms with E-state index in [4.69, 9.17) is 0 Å². The Morgan fingerprint density at radius 3 is 3.06 bits per heavy atom. The second-order valence-electron chi connectivity index (χ2n) is 4.54. The highest BCUT2D eigenvalue weighted by atomic mass is 16.3. The van der Waals surface area contributed by atoms with Crippen LogP contribution in [0.15, 0.2) is 24.4 Å². The first-order chi connectivity index (χ1) is 8.58. The van der Waals surface area contributed by atoms with Gasteiger partial charge in [-0.05, 0) is 31.5 Å². The molecule has 0 saturated carbocycles. The maximum atomic E-state index is 12.1. The molecule has 0 aliphatic carbocycles. The van der Waals surface area contributed by atoms with Gasteiger partial charge in [-0.25, -0.2) is 0 Å². The van der Waals surface area contributed by atoms with E-state index in [9.17, 15) is 9.90 Å². The van der Waals surface area contributed by atoms with Gasteiger partial charge in [0.05, 0.1) is 17.8 Å². The molecule has 1 unspecified atom stereocenters. The summed E-state index contributed by atoms with van der Waals surface area (Å²) in [5.41, 5.74) is 1.55. The Bertz CT molecular complexity index is 548. The van der Waals surface area contributed by atoms with Crippen LogP contribution in [0, 0.1) is 0 Å². The lowest BCUT2D eigenvalue weighted by Gasteiger charge is -2.18. The fraction of sp³-hybridized carbons (Fsp3) is 0.385. The first-order valence-corrected chi connectivity index (χ1v) is 5.94.